The zero-order valence-corrected chi connectivity index (χ0v) is 9.95. The van der Waals surface area contributed by atoms with Crippen molar-refractivity contribution in [3.05, 3.63) is 0 Å². The van der Waals surface area contributed by atoms with E-state index in [-0.39, 0.29) is 24.1 Å². The molecule has 1 amide bonds. The standard InChI is InChI=1S/C12H20N2O2/c1-4-6-9(5-2)14-12(15)11-7-10(16-3)8-13-11/h2,9-11,13H,4,6-8H2,1,3H3,(H,14,15). The molecule has 0 spiro atoms. The average Bonchev–Trinajstić information content (AvgIpc) is 2.76. The van der Waals surface area contributed by atoms with E-state index < -0.39 is 0 Å². The summed E-state index contributed by atoms with van der Waals surface area (Å²) in [6.45, 7) is 2.77. The van der Waals surface area contributed by atoms with Crippen molar-refractivity contribution in [2.24, 2.45) is 0 Å². The SMILES string of the molecule is C#CC(CCC)NC(=O)C1CC(OC)CN1. The second-order valence-corrected chi connectivity index (χ2v) is 4.07. The van der Waals surface area contributed by atoms with Gasteiger partial charge in [-0.2, -0.15) is 0 Å². The Balaban J connectivity index is 2.38. The summed E-state index contributed by atoms with van der Waals surface area (Å²) in [5.74, 6) is 2.57. The van der Waals surface area contributed by atoms with Gasteiger partial charge in [-0.1, -0.05) is 19.3 Å². The molecule has 2 N–H and O–H groups in total. The van der Waals surface area contributed by atoms with E-state index in [0.717, 1.165) is 19.4 Å². The summed E-state index contributed by atoms with van der Waals surface area (Å²) in [6, 6.07) is -0.321. The van der Waals surface area contributed by atoms with Gasteiger partial charge in [0.15, 0.2) is 0 Å². The summed E-state index contributed by atoms with van der Waals surface area (Å²) >= 11 is 0. The number of rotatable bonds is 5. The molecule has 1 aliphatic heterocycles. The Morgan fingerprint density at radius 1 is 1.75 bits per heavy atom. The molecule has 0 aromatic heterocycles. The Labute approximate surface area is 97.1 Å². The maximum Gasteiger partial charge on any atom is 0.238 e. The number of ether oxygens (including phenoxy) is 1. The van der Waals surface area contributed by atoms with Crippen LogP contribution < -0.4 is 10.6 Å². The van der Waals surface area contributed by atoms with Crippen molar-refractivity contribution in [3.8, 4) is 12.3 Å². The van der Waals surface area contributed by atoms with E-state index in [2.05, 4.69) is 16.6 Å². The minimum atomic E-state index is -0.169. The van der Waals surface area contributed by atoms with Crippen LogP contribution in [0.15, 0.2) is 0 Å². The topological polar surface area (TPSA) is 50.4 Å². The average molecular weight is 224 g/mol. The zero-order valence-electron chi connectivity index (χ0n) is 9.95. The van der Waals surface area contributed by atoms with Crippen LogP contribution in [-0.2, 0) is 9.53 Å². The first kappa shape index (κ1) is 13.0. The van der Waals surface area contributed by atoms with Gasteiger partial charge < -0.3 is 15.4 Å². The third-order valence-corrected chi connectivity index (χ3v) is 2.84. The first-order valence-corrected chi connectivity index (χ1v) is 5.74. The largest absolute Gasteiger partial charge is 0.380 e. The van der Waals surface area contributed by atoms with Gasteiger partial charge in [0, 0.05) is 13.7 Å². The van der Waals surface area contributed by atoms with Gasteiger partial charge in [0.1, 0.15) is 0 Å². The van der Waals surface area contributed by atoms with Crippen molar-refractivity contribution >= 4 is 5.91 Å². The van der Waals surface area contributed by atoms with Crippen LogP contribution in [0.4, 0.5) is 0 Å². The molecule has 3 atom stereocenters. The lowest BCUT2D eigenvalue weighted by Crippen LogP contribution is -2.44. The Morgan fingerprint density at radius 2 is 2.50 bits per heavy atom. The number of methoxy groups -OCH3 is 1. The van der Waals surface area contributed by atoms with Crippen molar-refractivity contribution < 1.29 is 9.53 Å². The lowest BCUT2D eigenvalue weighted by molar-refractivity contribution is -0.123. The van der Waals surface area contributed by atoms with E-state index in [4.69, 9.17) is 11.2 Å². The molecule has 1 rings (SSSR count). The van der Waals surface area contributed by atoms with Crippen molar-refractivity contribution in [3.63, 3.8) is 0 Å². The third kappa shape index (κ3) is 3.51. The predicted molar refractivity (Wildman–Crippen MR) is 62.9 cm³/mol. The van der Waals surface area contributed by atoms with Crippen LogP contribution in [-0.4, -0.2) is 37.7 Å². The Hall–Kier alpha value is -1.05. The molecule has 0 aliphatic carbocycles. The summed E-state index contributed by atoms with van der Waals surface area (Å²) in [5.41, 5.74) is 0. The van der Waals surface area contributed by atoms with Crippen LogP contribution in [0.5, 0.6) is 0 Å². The van der Waals surface area contributed by atoms with Gasteiger partial charge in [0.05, 0.1) is 18.2 Å². The van der Waals surface area contributed by atoms with Gasteiger partial charge in [-0.3, -0.25) is 4.79 Å². The molecule has 0 saturated carbocycles. The maximum absolute atomic E-state index is 11.8. The smallest absolute Gasteiger partial charge is 0.238 e. The molecule has 0 aromatic rings. The second-order valence-electron chi connectivity index (χ2n) is 4.07. The summed E-state index contributed by atoms with van der Waals surface area (Å²) in [5, 5.41) is 5.98. The maximum atomic E-state index is 11.8. The molecule has 3 unspecified atom stereocenters. The van der Waals surface area contributed by atoms with Crippen LogP contribution in [0.1, 0.15) is 26.2 Å². The summed E-state index contributed by atoms with van der Waals surface area (Å²) in [4.78, 5) is 11.8. The van der Waals surface area contributed by atoms with E-state index in [9.17, 15) is 4.79 Å². The monoisotopic (exact) mass is 224 g/mol. The van der Waals surface area contributed by atoms with Crippen LogP contribution in [0.2, 0.25) is 0 Å². The number of hydrogen-bond donors (Lipinski definition) is 2. The molecular weight excluding hydrogens is 204 g/mol. The van der Waals surface area contributed by atoms with Gasteiger partial charge >= 0.3 is 0 Å². The molecule has 0 bridgehead atoms. The fraction of sp³-hybridized carbons (Fsp3) is 0.750. The number of nitrogens with one attached hydrogen (secondary N) is 2. The number of amides is 1. The van der Waals surface area contributed by atoms with Crippen molar-refractivity contribution in [1.29, 1.82) is 0 Å². The Morgan fingerprint density at radius 3 is 3.00 bits per heavy atom. The van der Waals surface area contributed by atoms with Gasteiger partial charge in [-0.05, 0) is 12.8 Å². The highest BCUT2D eigenvalue weighted by Gasteiger charge is 2.29. The molecule has 0 aromatic carbocycles. The summed E-state index contributed by atoms with van der Waals surface area (Å²) in [6.07, 6.45) is 7.98. The van der Waals surface area contributed by atoms with E-state index in [1.165, 1.54) is 0 Å². The lowest BCUT2D eigenvalue weighted by Gasteiger charge is -2.15. The highest BCUT2D eigenvalue weighted by Crippen LogP contribution is 2.10. The molecule has 0 radical (unpaired) electrons. The van der Waals surface area contributed by atoms with Crippen molar-refractivity contribution in [2.45, 2.75) is 44.4 Å². The molecule has 1 heterocycles. The molecule has 1 fully saturated rings. The Kier molecular flexibility index (Phi) is 5.30. The van der Waals surface area contributed by atoms with Gasteiger partial charge in [-0.15, -0.1) is 6.42 Å². The molecule has 1 saturated heterocycles. The van der Waals surface area contributed by atoms with Crippen LogP contribution in [0, 0.1) is 12.3 Å². The minimum absolute atomic E-state index is 0.0176. The molecule has 1 aliphatic rings. The molecule has 90 valence electrons. The molecule has 16 heavy (non-hydrogen) atoms. The van der Waals surface area contributed by atoms with Gasteiger partial charge in [0.25, 0.3) is 0 Å². The van der Waals surface area contributed by atoms with E-state index in [1.54, 1.807) is 7.11 Å². The fourth-order valence-electron chi connectivity index (χ4n) is 1.84. The van der Waals surface area contributed by atoms with Gasteiger partial charge in [0.2, 0.25) is 5.91 Å². The highest BCUT2D eigenvalue weighted by atomic mass is 16.5. The number of carbonyl (C=O) groups is 1. The highest BCUT2D eigenvalue weighted by molar-refractivity contribution is 5.82. The fourth-order valence-corrected chi connectivity index (χ4v) is 1.84. The number of carbonyl (C=O) groups excluding carboxylic acids is 1. The first-order chi connectivity index (χ1) is 7.71. The lowest BCUT2D eigenvalue weighted by atomic mass is 10.1. The minimum Gasteiger partial charge on any atom is -0.380 e. The van der Waals surface area contributed by atoms with Crippen molar-refractivity contribution in [1.82, 2.24) is 10.6 Å². The number of terminal acetylenes is 1. The zero-order chi connectivity index (χ0) is 12.0. The van der Waals surface area contributed by atoms with E-state index >= 15 is 0 Å². The predicted octanol–water partition coefficient (Wildman–Crippen LogP) is 0.281. The van der Waals surface area contributed by atoms with Crippen LogP contribution in [0.3, 0.4) is 0 Å². The van der Waals surface area contributed by atoms with Crippen molar-refractivity contribution in [2.75, 3.05) is 13.7 Å². The molecule has 4 heteroatoms. The van der Waals surface area contributed by atoms with E-state index in [1.807, 2.05) is 6.92 Å². The van der Waals surface area contributed by atoms with Crippen LogP contribution in [0.25, 0.3) is 0 Å². The molecule has 4 nitrogen and oxygen atoms in total. The first-order valence-electron chi connectivity index (χ1n) is 5.74. The summed E-state index contributed by atoms with van der Waals surface area (Å²) < 4.78 is 5.19. The van der Waals surface area contributed by atoms with E-state index in [0.29, 0.717) is 6.42 Å². The normalized spacial score (nSPS) is 26.1. The van der Waals surface area contributed by atoms with Crippen LogP contribution >= 0.6 is 0 Å². The quantitative estimate of drug-likeness (QED) is 0.660. The Bertz CT molecular complexity index is 273. The van der Waals surface area contributed by atoms with Gasteiger partial charge in [-0.25, -0.2) is 0 Å². The molecular formula is C12H20N2O2. The third-order valence-electron chi connectivity index (χ3n) is 2.84. The number of hydrogen-bond acceptors (Lipinski definition) is 3. The summed E-state index contributed by atoms with van der Waals surface area (Å²) in [7, 11) is 1.66. The second kappa shape index (κ2) is 6.51.